The Morgan fingerprint density at radius 3 is 2.84 bits per heavy atom. The van der Waals surface area contributed by atoms with Gasteiger partial charge in [0.05, 0.1) is 0 Å². The van der Waals surface area contributed by atoms with Gasteiger partial charge >= 0.3 is 0 Å². The fourth-order valence-corrected chi connectivity index (χ4v) is 4.21. The second-order valence-electron chi connectivity index (χ2n) is 6.72. The van der Waals surface area contributed by atoms with E-state index < -0.39 is 10.0 Å². The first kappa shape index (κ1) is 17.9. The number of nitrogens with two attached hydrogens (primary N) is 1. The van der Waals surface area contributed by atoms with Crippen LogP contribution in [0.2, 0.25) is 0 Å². The van der Waals surface area contributed by atoms with E-state index in [0.29, 0.717) is 43.2 Å². The van der Waals surface area contributed by atoms with Crippen molar-refractivity contribution in [2.75, 3.05) is 20.1 Å². The topological polar surface area (TPSA) is 105 Å². The molecule has 1 aliphatic heterocycles. The van der Waals surface area contributed by atoms with E-state index in [2.05, 4.69) is 9.71 Å². The summed E-state index contributed by atoms with van der Waals surface area (Å²) >= 11 is 0. The molecule has 1 aromatic carbocycles. The van der Waals surface area contributed by atoms with Gasteiger partial charge in [0.15, 0.2) is 0 Å². The molecule has 2 aliphatic rings. The van der Waals surface area contributed by atoms with Gasteiger partial charge in [0.1, 0.15) is 10.7 Å². The smallest absolute Gasteiger partial charge is 0.285 e. The van der Waals surface area contributed by atoms with Crippen LogP contribution in [0.3, 0.4) is 0 Å². The lowest BCUT2D eigenvalue weighted by Crippen LogP contribution is -2.38. The summed E-state index contributed by atoms with van der Waals surface area (Å²) in [5.41, 5.74) is 6.58. The third-order valence-corrected chi connectivity index (χ3v) is 5.96. The molecule has 3 rings (SSSR count). The van der Waals surface area contributed by atoms with Crippen LogP contribution in [0.25, 0.3) is 0 Å². The molecule has 0 bridgehead atoms. The summed E-state index contributed by atoms with van der Waals surface area (Å²) in [6.45, 7) is 1.07. The highest BCUT2D eigenvalue weighted by atomic mass is 32.2. The van der Waals surface area contributed by atoms with Gasteiger partial charge in [-0.25, -0.2) is 0 Å². The number of amides is 1. The molecule has 25 heavy (non-hydrogen) atoms. The van der Waals surface area contributed by atoms with Crippen LogP contribution in [-0.4, -0.2) is 51.2 Å². The molecule has 0 radical (unpaired) electrons. The Hall–Kier alpha value is -1.93. The Labute approximate surface area is 148 Å². The molecule has 1 heterocycles. The molecule has 1 atom stereocenters. The summed E-state index contributed by atoms with van der Waals surface area (Å²) in [5, 5.41) is 2.87. The van der Waals surface area contributed by atoms with Crippen LogP contribution >= 0.6 is 0 Å². The quantitative estimate of drug-likeness (QED) is 0.741. The number of nitrogens with one attached hydrogen (secondary N) is 1. The van der Waals surface area contributed by atoms with Crippen molar-refractivity contribution in [2.45, 2.75) is 36.6 Å². The van der Waals surface area contributed by atoms with Crippen molar-refractivity contribution in [1.29, 1.82) is 0 Å². The molecule has 1 aromatic rings. The number of hydrogen-bond acceptors (Lipinski definition) is 5. The third-order valence-electron chi connectivity index (χ3n) is 4.63. The van der Waals surface area contributed by atoms with Crippen LogP contribution in [-0.2, 0) is 14.8 Å². The maximum Gasteiger partial charge on any atom is 0.285 e. The molecule has 8 heteroatoms. The average Bonchev–Trinajstić information content (AvgIpc) is 3.39. The number of nitrogens with zero attached hydrogens (tertiary/aromatic N) is 2. The van der Waals surface area contributed by atoms with Crippen LogP contribution < -0.4 is 11.1 Å². The highest BCUT2D eigenvalue weighted by Crippen LogP contribution is 2.31. The third kappa shape index (κ3) is 4.19. The van der Waals surface area contributed by atoms with E-state index in [0.717, 1.165) is 12.8 Å². The number of rotatable bonds is 7. The van der Waals surface area contributed by atoms with E-state index >= 15 is 0 Å². The molecule has 1 amide bonds. The van der Waals surface area contributed by atoms with E-state index in [1.54, 1.807) is 36.2 Å². The minimum atomic E-state index is -3.61. The summed E-state index contributed by atoms with van der Waals surface area (Å²) in [6.07, 6.45) is 3.31. The summed E-state index contributed by atoms with van der Waals surface area (Å²) in [6, 6.07) is 6.85. The van der Waals surface area contributed by atoms with Crippen molar-refractivity contribution in [3.63, 3.8) is 0 Å². The van der Waals surface area contributed by atoms with Gasteiger partial charge in [-0.3, -0.25) is 4.79 Å². The van der Waals surface area contributed by atoms with Crippen molar-refractivity contribution in [2.24, 2.45) is 16.0 Å². The zero-order valence-corrected chi connectivity index (χ0v) is 15.1. The molecule has 1 saturated carbocycles. The van der Waals surface area contributed by atoms with E-state index in [-0.39, 0.29) is 16.8 Å². The van der Waals surface area contributed by atoms with Crippen molar-refractivity contribution < 1.29 is 13.2 Å². The zero-order chi connectivity index (χ0) is 18.0. The maximum atomic E-state index is 12.1. The minimum absolute atomic E-state index is 0.0223. The lowest BCUT2D eigenvalue weighted by molar-refractivity contribution is -0.121. The van der Waals surface area contributed by atoms with Gasteiger partial charge in [-0.1, -0.05) is 12.1 Å². The molecular weight excluding hydrogens is 340 g/mol. The van der Waals surface area contributed by atoms with E-state index in [9.17, 15) is 13.2 Å². The van der Waals surface area contributed by atoms with Gasteiger partial charge in [-0.2, -0.15) is 8.42 Å². The number of sulfonamides is 1. The summed E-state index contributed by atoms with van der Waals surface area (Å²) in [4.78, 5) is 13.9. The molecule has 136 valence electrons. The van der Waals surface area contributed by atoms with Gasteiger partial charge < -0.3 is 16.0 Å². The first-order chi connectivity index (χ1) is 11.9. The summed E-state index contributed by atoms with van der Waals surface area (Å²) in [7, 11) is -1.82. The first-order valence-corrected chi connectivity index (χ1v) is 10.0. The van der Waals surface area contributed by atoms with Gasteiger partial charge in [0.25, 0.3) is 10.0 Å². The normalized spacial score (nSPS) is 19.0. The predicted molar refractivity (Wildman–Crippen MR) is 95.7 cm³/mol. The van der Waals surface area contributed by atoms with Crippen molar-refractivity contribution in [1.82, 2.24) is 10.2 Å². The highest BCUT2D eigenvalue weighted by Gasteiger charge is 2.30. The lowest BCUT2D eigenvalue weighted by atomic mass is 10.2. The Kier molecular flexibility index (Phi) is 5.10. The lowest BCUT2D eigenvalue weighted by Gasteiger charge is -2.19. The van der Waals surface area contributed by atoms with E-state index in [1.165, 1.54) is 0 Å². The zero-order valence-electron chi connectivity index (χ0n) is 14.3. The molecule has 7 nitrogen and oxygen atoms in total. The molecule has 3 N–H and O–H groups in total. The molecule has 0 aromatic heterocycles. The van der Waals surface area contributed by atoms with E-state index in [4.69, 9.17) is 5.73 Å². The maximum absolute atomic E-state index is 12.1. The van der Waals surface area contributed by atoms with Crippen molar-refractivity contribution in [3.05, 3.63) is 29.8 Å². The average molecular weight is 364 g/mol. The second kappa shape index (κ2) is 7.13. The molecule has 1 fully saturated rings. The van der Waals surface area contributed by atoms with Crippen molar-refractivity contribution in [3.8, 4) is 0 Å². The molecule has 1 aliphatic carbocycles. The van der Waals surface area contributed by atoms with Gasteiger partial charge in [-0.15, -0.1) is 4.40 Å². The molecule has 0 spiro atoms. The van der Waals surface area contributed by atoms with Crippen LogP contribution in [0, 0.1) is 5.92 Å². The van der Waals surface area contributed by atoms with Crippen LogP contribution in [0.5, 0.6) is 0 Å². The summed E-state index contributed by atoms with van der Waals surface area (Å²) in [5.74, 6) is 0.978. The van der Waals surface area contributed by atoms with Crippen LogP contribution in [0.4, 0.5) is 0 Å². The number of carbonyl (C=O) groups excluding carboxylic acids is 1. The Morgan fingerprint density at radius 1 is 1.40 bits per heavy atom. The monoisotopic (exact) mass is 364 g/mol. The standard InChI is InChI=1S/C17H24N4O3S/c1-21(10-4-7-16(22)19-11-14(18)12-8-9-12)17-13-5-2-3-6-15(13)25(23,24)20-17/h2-3,5-6,12,14H,4,7-11,18H2,1H3,(H,19,22). The fraction of sp³-hybridized carbons (Fsp3) is 0.529. The molecule has 1 unspecified atom stereocenters. The van der Waals surface area contributed by atoms with Gasteiger partial charge in [-0.05, 0) is 37.3 Å². The predicted octanol–water partition coefficient (Wildman–Crippen LogP) is 0.701. The number of amidine groups is 1. The minimum Gasteiger partial charge on any atom is -0.358 e. The van der Waals surface area contributed by atoms with Crippen LogP contribution in [0.15, 0.2) is 33.6 Å². The number of carbonyl (C=O) groups is 1. The Bertz CT molecular complexity index is 787. The van der Waals surface area contributed by atoms with Crippen LogP contribution in [0.1, 0.15) is 31.2 Å². The number of benzene rings is 1. The van der Waals surface area contributed by atoms with Gasteiger partial charge in [0, 0.05) is 38.2 Å². The number of fused-ring (bicyclic) bond motifs is 1. The highest BCUT2D eigenvalue weighted by molar-refractivity contribution is 7.90. The second-order valence-corrected chi connectivity index (χ2v) is 8.29. The Balaban J connectivity index is 1.48. The molecule has 0 saturated heterocycles. The first-order valence-electron chi connectivity index (χ1n) is 8.56. The van der Waals surface area contributed by atoms with E-state index in [1.807, 2.05) is 0 Å². The fourth-order valence-electron chi connectivity index (χ4n) is 2.96. The number of hydrogen-bond donors (Lipinski definition) is 2. The summed E-state index contributed by atoms with van der Waals surface area (Å²) < 4.78 is 28.0. The SMILES string of the molecule is CN(CCCC(=O)NCC(N)C1CC1)C1=NS(=O)(=O)c2ccccc21. The Morgan fingerprint density at radius 2 is 2.12 bits per heavy atom. The van der Waals surface area contributed by atoms with Crippen molar-refractivity contribution >= 4 is 21.8 Å². The molecular formula is C17H24N4O3S. The van der Waals surface area contributed by atoms with Gasteiger partial charge in [0.2, 0.25) is 5.91 Å². The largest absolute Gasteiger partial charge is 0.358 e.